The van der Waals surface area contributed by atoms with Gasteiger partial charge < -0.3 is 0 Å². The minimum Gasteiger partial charge on any atom is -0.0955 e. The van der Waals surface area contributed by atoms with E-state index in [2.05, 4.69) is 27.0 Å². The van der Waals surface area contributed by atoms with Crippen LogP contribution in [0.1, 0.15) is 27.7 Å². The van der Waals surface area contributed by atoms with Crippen LogP contribution in [0.2, 0.25) is 0 Å². The van der Waals surface area contributed by atoms with Crippen molar-refractivity contribution in [3.05, 3.63) is 35.5 Å². The molecule has 0 aliphatic heterocycles. The van der Waals surface area contributed by atoms with E-state index in [0.717, 1.165) is 11.1 Å². The van der Waals surface area contributed by atoms with Crippen molar-refractivity contribution in [1.29, 1.82) is 0 Å². The summed E-state index contributed by atoms with van der Waals surface area (Å²) >= 11 is 0. The van der Waals surface area contributed by atoms with Crippen LogP contribution in [-0.4, -0.2) is 0 Å². The number of hydrogen-bond acceptors (Lipinski definition) is 0. The smallest absolute Gasteiger partial charge is 0.0223 e. The molecule has 0 N–H and O–H groups in total. The zero-order valence-electron chi connectivity index (χ0n) is 7.41. The van der Waals surface area contributed by atoms with Gasteiger partial charge in [-0.3, -0.25) is 0 Å². The molecule has 56 valence electrons. The quantitative estimate of drug-likeness (QED) is 0.510. The van der Waals surface area contributed by atoms with Crippen molar-refractivity contribution in [1.82, 2.24) is 0 Å². The van der Waals surface area contributed by atoms with Crippen molar-refractivity contribution in [2.45, 2.75) is 27.7 Å². The van der Waals surface area contributed by atoms with Crippen molar-refractivity contribution >= 4 is 0 Å². The van der Waals surface area contributed by atoms with E-state index in [4.69, 9.17) is 0 Å². The van der Waals surface area contributed by atoms with Gasteiger partial charge in [0, 0.05) is 0 Å². The van der Waals surface area contributed by atoms with E-state index in [0.29, 0.717) is 0 Å². The zero-order chi connectivity index (χ0) is 8.31. The van der Waals surface area contributed by atoms with E-state index in [1.54, 1.807) is 0 Å². The molecule has 0 aromatic rings. The highest BCUT2D eigenvalue weighted by Crippen LogP contribution is 2.19. The second-order valence-corrected chi connectivity index (χ2v) is 2.94. The Hall–Kier alpha value is -0.780. The SMILES string of the molecule is C=C(C)C(C(=C)C)=C(C)C. The van der Waals surface area contributed by atoms with Gasteiger partial charge in [-0.1, -0.05) is 29.9 Å². The Morgan fingerprint density at radius 2 is 1.10 bits per heavy atom. The molecule has 0 aliphatic rings. The van der Waals surface area contributed by atoms with Crippen LogP contribution in [0.4, 0.5) is 0 Å². The first-order valence-corrected chi connectivity index (χ1v) is 3.46. The Morgan fingerprint density at radius 3 is 1.10 bits per heavy atom. The van der Waals surface area contributed by atoms with Crippen molar-refractivity contribution < 1.29 is 0 Å². The third-order valence-electron chi connectivity index (χ3n) is 1.35. The third kappa shape index (κ3) is 2.22. The van der Waals surface area contributed by atoms with Crippen molar-refractivity contribution in [3.8, 4) is 0 Å². The maximum atomic E-state index is 3.88. The fourth-order valence-electron chi connectivity index (χ4n) is 1.22. The summed E-state index contributed by atoms with van der Waals surface area (Å²) in [5, 5.41) is 0. The summed E-state index contributed by atoms with van der Waals surface area (Å²) in [4.78, 5) is 0. The van der Waals surface area contributed by atoms with Crippen LogP contribution in [0.25, 0.3) is 0 Å². The van der Waals surface area contributed by atoms with Crippen molar-refractivity contribution in [2.24, 2.45) is 0 Å². The maximum Gasteiger partial charge on any atom is -0.0223 e. The molecule has 0 aromatic carbocycles. The maximum absolute atomic E-state index is 3.88. The second kappa shape index (κ2) is 3.40. The van der Waals surface area contributed by atoms with Gasteiger partial charge in [-0.2, -0.15) is 0 Å². The van der Waals surface area contributed by atoms with Crippen LogP contribution in [0.15, 0.2) is 35.5 Å². The molecule has 0 nitrogen and oxygen atoms in total. The Labute approximate surface area is 64.0 Å². The first-order valence-electron chi connectivity index (χ1n) is 3.46. The molecule has 0 heteroatoms. The molecule has 0 bridgehead atoms. The Morgan fingerprint density at radius 1 is 0.800 bits per heavy atom. The van der Waals surface area contributed by atoms with Gasteiger partial charge in [0.2, 0.25) is 0 Å². The summed E-state index contributed by atoms with van der Waals surface area (Å²) < 4.78 is 0. The lowest BCUT2D eigenvalue weighted by Crippen LogP contribution is -1.87. The van der Waals surface area contributed by atoms with Crippen molar-refractivity contribution in [3.63, 3.8) is 0 Å². The largest absolute Gasteiger partial charge is 0.0955 e. The molecule has 0 amide bonds. The van der Waals surface area contributed by atoms with Crippen LogP contribution in [0.3, 0.4) is 0 Å². The Kier molecular flexibility index (Phi) is 3.14. The molecule has 0 heterocycles. The number of rotatable bonds is 2. The van der Waals surface area contributed by atoms with Gasteiger partial charge in [-0.25, -0.2) is 0 Å². The molecule has 0 saturated carbocycles. The van der Waals surface area contributed by atoms with E-state index < -0.39 is 0 Å². The fourth-order valence-corrected chi connectivity index (χ4v) is 1.22. The minimum atomic E-state index is 1.10. The van der Waals surface area contributed by atoms with E-state index in [-0.39, 0.29) is 0 Å². The van der Waals surface area contributed by atoms with E-state index in [9.17, 15) is 0 Å². The normalized spacial score (nSPS) is 8.80. The van der Waals surface area contributed by atoms with Crippen molar-refractivity contribution in [2.75, 3.05) is 0 Å². The lowest BCUT2D eigenvalue weighted by molar-refractivity contribution is 1.23. The molecule has 0 radical (unpaired) electrons. The minimum absolute atomic E-state index is 1.10. The summed E-state index contributed by atoms with van der Waals surface area (Å²) in [6.45, 7) is 15.9. The summed E-state index contributed by atoms with van der Waals surface area (Å²) in [5.41, 5.74) is 4.72. The van der Waals surface area contributed by atoms with Crippen LogP contribution >= 0.6 is 0 Å². The average Bonchev–Trinajstić information content (AvgIpc) is 1.59. The summed E-state index contributed by atoms with van der Waals surface area (Å²) in [6.07, 6.45) is 0. The molecule has 0 atom stereocenters. The van der Waals surface area contributed by atoms with Gasteiger partial charge in [-0.05, 0) is 33.3 Å². The predicted octanol–water partition coefficient (Wildman–Crippen LogP) is 3.48. The van der Waals surface area contributed by atoms with E-state index >= 15 is 0 Å². The Balaban J connectivity index is 4.79. The van der Waals surface area contributed by atoms with Gasteiger partial charge in [0.1, 0.15) is 0 Å². The highest BCUT2D eigenvalue weighted by Gasteiger charge is 1.99. The fraction of sp³-hybridized carbons (Fsp3) is 0.400. The van der Waals surface area contributed by atoms with Gasteiger partial charge in [0.25, 0.3) is 0 Å². The van der Waals surface area contributed by atoms with Crippen LogP contribution in [-0.2, 0) is 0 Å². The lowest BCUT2D eigenvalue weighted by atomic mass is 9.98. The molecule has 0 aliphatic carbocycles. The van der Waals surface area contributed by atoms with Gasteiger partial charge in [0.05, 0.1) is 0 Å². The molecule has 0 fully saturated rings. The highest BCUT2D eigenvalue weighted by molar-refractivity contribution is 5.44. The average molecular weight is 136 g/mol. The molecule has 10 heavy (non-hydrogen) atoms. The van der Waals surface area contributed by atoms with Crippen LogP contribution in [0.5, 0.6) is 0 Å². The molecular weight excluding hydrogens is 120 g/mol. The Bertz CT molecular complexity index is 172. The molecule has 0 aromatic heterocycles. The van der Waals surface area contributed by atoms with Crippen LogP contribution < -0.4 is 0 Å². The molecule has 0 spiro atoms. The topological polar surface area (TPSA) is 0 Å². The lowest BCUT2D eigenvalue weighted by Gasteiger charge is -2.07. The van der Waals surface area contributed by atoms with Gasteiger partial charge >= 0.3 is 0 Å². The van der Waals surface area contributed by atoms with Gasteiger partial charge in [-0.15, -0.1) is 0 Å². The molecule has 0 saturated heterocycles. The second-order valence-electron chi connectivity index (χ2n) is 2.94. The molecular formula is C10H16. The standard InChI is InChI=1S/C10H16/c1-7(2)10(8(3)4)9(5)6/h1,3H2,2,4-6H3. The first-order chi connectivity index (χ1) is 4.46. The first kappa shape index (κ1) is 9.22. The third-order valence-corrected chi connectivity index (χ3v) is 1.35. The van der Waals surface area contributed by atoms with E-state index in [1.165, 1.54) is 11.1 Å². The summed E-state index contributed by atoms with van der Waals surface area (Å²) in [7, 11) is 0. The highest BCUT2D eigenvalue weighted by atomic mass is 14.0. The van der Waals surface area contributed by atoms with E-state index in [1.807, 2.05) is 13.8 Å². The molecule has 0 rings (SSSR count). The monoisotopic (exact) mass is 136 g/mol. The van der Waals surface area contributed by atoms with Gasteiger partial charge in [0.15, 0.2) is 0 Å². The van der Waals surface area contributed by atoms with Crippen LogP contribution in [0, 0.1) is 0 Å². The number of hydrogen-bond donors (Lipinski definition) is 0. The number of allylic oxidation sites excluding steroid dienone is 4. The zero-order valence-corrected chi connectivity index (χ0v) is 7.41. The summed E-state index contributed by atoms with van der Waals surface area (Å²) in [6, 6.07) is 0. The predicted molar refractivity (Wildman–Crippen MR) is 48.0 cm³/mol. The molecule has 0 unspecified atom stereocenters. The summed E-state index contributed by atoms with van der Waals surface area (Å²) in [5.74, 6) is 0.